The molecule has 0 aromatic rings. The number of phosphoric ester groups is 2. The van der Waals surface area contributed by atoms with Gasteiger partial charge in [0.15, 0.2) is 12.2 Å². The highest BCUT2D eigenvalue weighted by atomic mass is 31.2. The van der Waals surface area contributed by atoms with Gasteiger partial charge in [-0.3, -0.25) is 37.3 Å². The van der Waals surface area contributed by atoms with Crippen molar-refractivity contribution >= 4 is 39.5 Å². The molecular formula is C81H150O17P2. The Kier molecular flexibility index (Phi) is 69.5. The van der Waals surface area contributed by atoms with E-state index < -0.39 is 97.5 Å². The monoisotopic (exact) mass is 1460 g/mol. The zero-order valence-electron chi connectivity index (χ0n) is 64.5. The minimum atomic E-state index is -4.97. The van der Waals surface area contributed by atoms with Crippen LogP contribution in [0.4, 0.5) is 0 Å². The maximum atomic E-state index is 13.1. The van der Waals surface area contributed by atoms with Crippen LogP contribution in [0.2, 0.25) is 0 Å². The lowest BCUT2D eigenvalue weighted by Crippen LogP contribution is -2.30. The molecule has 0 aromatic heterocycles. The number of hydrogen-bond acceptors (Lipinski definition) is 15. The van der Waals surface area contributed by atoms with Crippen molar-refractivity contribution in [1.82, 2.24) is 0 Å². The van der Waals surface area contributed by atoms with E-state index >= 15 is 0 Å². The predicted octanol–water partition coefficient (Wildman–Crippen LogP) is 23.4. The second kappa shape index (κ2) is 71.6. The highest BCUT2D eigenvalue weighted by molar-refractivity contribution is 7.47. The van der Waals surface area contributed by atoms with Crippen molar-refractivity contribution < 1.29 is 80.2 Å². The third-order valence-electron chi connectivity index (χ3n) is 17.7. The molecule has 0 aromatic carbocycles. The van der Waals surface area contributed by atoms with Crippen LogP contribution in [0.15, 0.2) is 48.6 Å². The molecule has 0 fully saturated rings. The van der Waals surface area contributed by atoms with E-state index in [4.69, 9.17) is 37.0 Å². The van der Waals surface area contributed by atoms with Gasteiger partial charge in [0.2, 0.25) is 0 Å². The normalized spacial score (nSPS) is 14.2. The number of esters is 4. The summed E-state index contributed by atoms with van der Waals surface area (Å²) in [4.78, 5) is 73.0. The third-order valence-corrected chi connectivity index (χ3v) is 19.6. The van der Waals surface area contributed by atoms with Gasteiger partial charge in [0.05, 0.1) is 26.4 Å². The Morgan fingerprint density at radius 1 is 0.310 bits per heavy atom. The Bertz CT molecular complexity index is 2110. The first-order chi connectivity index (χ1) is 48.4. The molecule has 17 nitrogen and oxygen atoms in total. The molecule has 0 heterocycles. The largest absolute Gasteiger partial charge is 0.472 e. The summed E-state index contributed by atoms with van der Waals surface area (Å²) in [6.07, 6.45) is 66.8. The number of aliphatic hydroxyl groups excluding tert-OH is 1. The molecular weight excluding hydrogens is 1310 g/mol. The number of unbranched alkanes of at least 4 members (excludes halogenated alkanes) is 40. The maximum absolute atomic E-state index is 13.1. The summed E-state index contributed by atoms with van der Waals surface area (Å²) in [5, 5.41) is 10.6. The van der Waals surface area contributed by atoms with E-state index in [1.807, 2.05) is 0 Å². The summed E-state index contributed by atoms with van der Waals surface area (Å²) in [6.45, 7) is 9.49. The van der Waals surface area contributed by atoms with Crippen LogP contribution in [0.1, 0.15) is 375 Å². The van der Waals surface area contributed by atoms with Gasteiger partial charge >= 0.3 is 39.5 Å². The molecule has 19 heteroatoms. The van der Waals surface area contributed by atoms with Crippen LogP contribution >= 0.6 is 15.6 Å². The van der Waals surface area contributed by atoms with Gasteiger partial charge in [0.25, 0.3) is 0 Å². The highest BCUT2D eigenvalue weighted by Crippen LogP contribution is 2.45. The molecule has 0 bridgehead atoms. The SMILES string of the molecule is CCCCCC/C=C\C=C/CCCCCCCC(=O)OC[C@H](COP(=O)(O)OC[C@@H](O)COP(=O)(O)OC[C@@H](COC(=O)CCCCCCCCCCC(C)C)OC(=O)CCCCCCC/C=C\C=C/CCCCCC)OC(=O)CCCCCCCCCCCCCCCCCCC(C)C. The first-order valence-electron chi connectivity index (χ1n) is 40.6. The summed E-state index contributed by atoms with van der Waals surface area (Å²) in [5.41, 5.74) is 0. The van der Waals surface area contributed by atoms with Gasteiger partial charge in [0, 0.05) is 25.7 Å². The summed E-state index contributed by atoms with van der Waals surface area (Å²) in [5.74, 6) is -0.643. The smallest absolute Gasteiger partial charge is 0.462 e. The molecule has 586 valence electrons. The lowest BCUT2D eigenvalue weighted by atomic mass is 10.0. The Labute approximate surface area is 610 Å². The van der Waals surface area contributed by atoms with Crippen LogP contribution < -0.4 is 0 Å². The molecule has 0 saturated carbocycles. The summed E-state index contributed by atoms with van der Waals surface area (Å²) < 4.78 is 68.6. The van der Waals surface area contributed by atoms with Crippen LogP contribution in [-0.4, -0.2) is 96.7 Å². The number of allylic oxidation sites excluding steroid dienone is 8. The fourth-order valence-electron chi connectivity index (χ4n) is 11.5. The van der Waals surface area contributed by atoms with Crippen LogP contribution in [0.5, 0.6) is 0 Å². The predicted molar refractivity (Wildman–Crippen MR) is 409 cm³/mol. The molecule has 3 N–H and O–H groups in total. The van der Waals surface area contributed by atoms with Crippen LogP contribution in [-0.2, 0) is 65.4 Å². The second-order valence-corrected chi connectivity index (χ2v) is 31.6. The average Bonchev–Trinajstić information content (AvgIpc) is 0.936. The number of aliphatic hydroxyl groups is 1. The maximum Gasteiger partial charge on any atom is 0.472 e. The Morgan fingerprint density at radius 2 is 0.540 bits per heavy atom. The zero-order chi connectivity index (χ0) is 73.5. The third kappa shape index (κ3) is 73.3. The standard InChI is InChI=1S/C81H150O17P2/c1-7-9-11-13-15-17-19-21-25-30-34-38-45-51-57-63-78(83)91-69-76(97-80(85)66-60-54-48-40-36-32-28-24-23-27-29-33-37-43-49-55-61-73(3)4)71-95-99(87,88)93-67-75(82)68-94-100(89,90)96-72-77(70-92-79(84)64-58-52-46-42-41-44-50-56-62-74(5)6)98-81(86)65-59-53-47-39-35-31-26-22-20-18-16-14-12-10-8-2/h17-22,25-26,73-77,82H,7-16,23-24,27-72H2,1-6H3,(H,87,88)(H,89,90)/b19-17-,20-18-,25-21-,26-22-/t75-,76-,77-/m1/s1. The van der Waals surface area contributed by atoms with E-state index in [-0.39, 0.29) is 25.7 Å². The fraction of sp³-hybridized carbons (Fsp3) is 0.852. The number of rotatable bonds is 76. The minimum absolute atomic E-state index is 0.0822. The summed E-state index contributed by atoms with van der Waals surface area (Å²) in [7, 11) is -9.94. The zero-order valence-corrected chi connectivity index (χ0v) is 66.3. The highest BCUT2D eigenvalue weighted by Gasteiger charge is 2.30. The first-order valence-corrected chi connectivity index (χ1v) is 43.6. The Morgan fingerprint density at radius 3 is 0.810 bits per heavy atom. The van der Waals surface area contributed by atoms with E-state index in [1.54, 1.807) is 0 Å². The van der Waals surface area contributed by atoms with Crippen molar-refractivity contribution in [2.24, 2.45) is 11.8 Å². The van der Waals surface area contributed by atoms with Crippen molar-refractivity contribution in [3.8, 4) is 0 Å². The van der Waals surface area contributed by atoms with Gasteiger partial charge in [-0.05, 0) is 88.9 Å². The van der Waals surface area contributed by atoms with E-state index in [9.17, 15) is 43.2 Å². The van der Waals surface area contributed by atoms with Crippen molar-refractivity contribution in [1.29, 1.82) is 0 Å². The first kappa shape index (κ1) is 97.0. The van der Waals surface area contributed by atoms with Gasteiger partial charge in [-0.1, -0.05) is 321 Å². The van der Waals surface area contributed by atoms with Crippen molar-refractivity contribution in [2.45, 2.75) is 394 Å². The molecule has 0 saturated heterocycles. The van der Waals surface area contributed by atoms with Crippen LogP contribution in [0.3, 0.4) is 0 Å². The molecule has 0 spiro atoms. The number of phosphoric acid groups is 2. The molecule has 0 rings (SSSR count). The fourth-order valence-corrected chi connectivity index (χ4v) is 13.0. The molecule has 0 aliphatic heterocycles. The number of carbonyl (C=O) groups is 4. The lowest BCUT2D eigenvalue weighted by molar-refractivity contribution is -0.161. The number of ether oxygens (including phenoxy) is 4. The Balaban J connectivity index is 5.32. The molecule has 0 aliphatic carbocycles. The Hall–Kier alpha value is -2.98. The molecule has 5 atom stereocenters. The van der Waals surface area contributed by atoms with Crippen LogP contribution in [0.25, 0.3) is 0 Å². The second-order valence-electron chi connectivity index (χ2n) is 28.7. The summed E-state index contributed by atoms with van der Waals surface area (Å²) >= 11 is 0. The van der Waals surface area contributed by atoms with Gasteiger partial charge in [-0.2, -0.15) is 0 Å². The van der Waals surface area contributed by atoms with Crippen molar-refractivity contribution in [3.05, 3.63) is 48.6 Å². The van der Waals surface area contributed by atoms with Gasteiger partial charge in [-0.25, -0.2) is 9.13 Å². The van der Waals surface area contributed by atoms with Gasteiger partial charge in [0.1, 0.15) is 19.3 Å². The lowest BCUT2D eigenvalue weighted by Gasteiger charge is -2.21. The molecule has 100 heavy (non-hydrogen) atoms. The average molecular weight is 1460 g/mol. The summed E-state index contributed by atoms with van der Waals surface area (Å²) in [6, 6.07) is 0. The minimum Gasteiger partial charge on any atom is -0.462 e. The molecule has 0 radical (unpaired) electrons. The van der Waals surface area contributed by atoms with E-state index in [0.717, 1.165) is 140 Å². The quantitative estimate of drug-likeness (QED) is 0.0169. The van der Waals surface area contributed by atoms with E-state index in [0.29, 0.717) is 25.7 Å². The molecule has 0 amide bonds. The van der Waals surface area contributed by atoms with Crippen LogP contribution in [0, 0.1) is 11.8 Å². The van der Waals surface area contributed by atoms with Crippen molar-refractivity contribution in [3.63, 3.8) is 0 Å². The van der Waals surface area contributed by atoms with E-state index in [2.05, 4.69) is 90.2 Å². The van der Waals surface area contributed by atoms with E-state index in [1.165, 1.54) is 154 Å². The number of carbonyl (C=O) groups excluding carboxylic acids is 4. The molecule has 2 unspecified atom stereocenters. The number of hydrogen-bond donors (Lipinski definition) is 3. The van der Waals surface area contributed by atoms with Gasteiger partial charge in [-0.15, -0.1) is 0 Å². The van der Waals surface area contributed by atoms with Gasteiger partial charge < -0.3 is 33.8 Å². The topological polar surface area (TPSA) is 237 Å². The molecule has 0 aliphatic rings. The van der Waals surface area contributed by atoms with Crippen molar-refractivity contribution in [2.75, 3.05) is 39.6 Å².